The van der Waals surface area contributed by atoms with Crippen molar-refractivity contribution in [3.05, 3.63) is 77.9 Å². The summed E-state index contributed by atoms with van der Waals surface area (Å²) >= 11 is 0. The van der Waals surface area contributed by atoms with E-state index in [9.17, 15) is 9.59 Å². The van der Waals surface area contributed by atoms with Gasteiger partial charge < -0.3 is 0 Å². The zero-order valence-corrected chi connectivity index (χ0v) is 10.9. The van der Waals surface area contributed by atoms with Crippen molar-refractivity contribution < 1.29 is 9.59 Å². The largest absolute Gasteiger partial charge is 0.278 e. The zero-order chi connectivity index (χ0) is 14.2. The van der Waals surface area contributed by atoms with Crippen LogP contribution >= 0.6 is 0 Å². The Morgan fingerprint density at radius 3 is 1.90 bits per heavy atom. The Kier molecular flexibility index (Phi) is 4.84. The molecule has 20 heavy (non-hydrogen) atoms. The van der Waals surface area contributed by atoms with E-state index in [4.69, 9.17) is 0 Å². The zero-order valence-electron chi connectivity index (χ0n) is 10.9. The molecule has 0 N–H and O–H groups in total. The van der Waals surface area contributed by atoms with Gasteiger partial charge in [0.1, 0.15) is 0 Å². The topological polar surface area (TPSA) is 37.4 Å². The summed E-state index contributed by atoms with van der Waals surface area (Å²) in [6.45, 7) is 0. The first-order valence-electron chi connectivity index (χ1n) is 6.31. The molecule has 0 aliphatic rings. The molecule has 1 atom stereocenters. The Bertz CT molecular complexity index is 570. The number of hydrogen-bond acceptors (Lipinski definition) is 2. The number of rotatable bonds is 6. The molecule has 2 rings (SSSR count). The van der Waals surface area contributed by atoms with Crippen molar-refractivity contribution in [2.45, 2.75) is 6.04 Å². The Morgan fingerprint density at radius 2 is 1.35 bits per heavy atom. The maximum absolute atomic E-state index is 11.0. The standard InChI is InChI=1S/C17H15NO2/c19-13-18(14-20)17(16-9-5-2-6-10-16)12-11-15-7-3-1-4-8-15/h1-14,17H/b12-11+/t17-/m0/s1. The number of carbonyl (C=O) groups is 2. The predicted octanol–water partition coefficient (Wildman–Crippen LogP) is 3.06. The highest BCUT2D eigenvalue weighted by molar-refractivity contribution is 5.71. The van der Waals surface area contributed by atoms with Crippen molar-refractivity contribution in [3.8, 4) is 0 Å². The van der Waals surface area contributed by atoms with Crippen LogP contribution in [0.15, 0.2) is 66.7 Å². The second-order valence-electron chi connectivity index (χ2n) is 4.28. The van der Waals surface area contributed by atoms with Crippen molar-refractivity contribution in [3.63, 3.8) is 0 Å². The van der Waals surface area contributed by atoms with Crippen LogP contribution in [-0.2, 0) is 9.59 Å². The van der Waals surface area contributed by atoms with Gasteiger partial charge in [0.15, 0.2) is 0 Å². The summed E-state index contributed by atoms with van der Waals surface area (Å²) in [6, 6.07) is 18.8. The van der Waals surface area contributed by atoms with Crippen molar-refractivity contribution in [2.24, 2.45) is 0 Å². The normalized spacial score (nSPS) is 12.0. The summed E-state index contributed by atoms with van der Waals surface area (Å²) in [5.74, 6) is 0. The van der Waals surface area contributed by atoms with E-state index in [1.165, 1.54) is 0 Å². The van der Waals surface area contributed by atoms with Crippen LogP contribution in [0, 0.1) is 0 Å². The van der Waals surface area contributed by atoms with Crippen LogP contribution in [0.1, 0.15) is 17.2 Å². The van der Waals surface area contributed by atoms with Gasteiger partial charge in [-0.2, -0.15) is 0 Å². The monoisotopic (exact) mass is 265 g/mol. The first kappa shape index (κ1) is 13.7. The molecule has 0 aliphatic heterocycles. The predicted molar refractivity (Wildman–Crippen MR) is 78.6 cm³/mol. The molecule has 0 saturated heterocycles. The average Bonchev–Trinajstić information content (AvgIpc) is 2.53. The lowest BCUT2D eigenvalue weighted by Crippen LogP contribution is -2.24. The van der Waals surface area contributed by atoms with Gasteiger partial charge in [-0.15, -0.1) is 0 Å². The molecule has 0 saturated carbocycles. The minimum Gasteiger partial charge on any atom is -0.278 e. The lowest BCUT2D eigenvalue weighted by Gasteiger charge is -2.20. The van der Waals surface area contributed by atoms with Crippen LogP contribution in [0.5, 0.6) is 0 Å². The summed E-state index contributed by atoms with van der Waals surface area (Å²) in [4.78, 5) is 23.2. The van der Waals surface area contributed by atoms with Crippen molar-refractivity contribution in [1.29, 1.82) is 0 Å². The molecule has 0 heterocycles. The van der Waals surface area contributed by atoms with Gasteiger partial charge in [0.2, 0.25) is 12.8 Å². The highest BCUT2D eigenvalue weighted by Gasteiger charge is 2.14. The number of amides is 2. The summed E-state index contributed by atoms with van der Waals surface area (Å²) in [5, 5.41) is 0. The fourth-order valence-corrected chi connectivity index (χ4v) is 1.96. The van der Waals surface area contributed by atoms with Gasteiger partial charge in [0.25, 0.3) is 0 Å². The second kappa shape index (κ2) is 7.04. The van der Waals surface area contributed by atoms with Crippen LogP contribution in [0.25, 0.3) is 6.08 Å². The van der Waals surface area contributed by atoms with E-state index >= 15 is 0 Å². The SMILES string of the molecule is O=CN(C=O)[C@@H](/C=C/c1ccccc1)c1ccccc1. The third-order valence-electron chi connectivity index (χ3n) is 2.98. The van der Waals surface area contributed by atoms with Gasteiger partial charge in [-0.05, 0) is 11.1 Å². The summed E-state index contributed by atoms with van der Waals surface area (Å²) in [5.41, 5.74) is 1.91. The third-order valence-corrected chi connectivity index (χ3v) is 2.98. The number of nitrogens with zero attached hydrogens (tertiary/aromatic N) is 1. The molecule has 0 bridgehead atoms. The van der Waals surface area contributed by atoms with Crippen LogP contribution in [0.2, 0.25) is 0 Å². The molecule has 3 nitrogen and oxygen atoms in total. The Balaban J connectivity index is 2.30. The summed E-state index contributed by atoms with van der Waals surface area (Å²) in [7, 11) is 0. The van der Waals surface area contributed by atoms with Gasteiger partial charge in [-0.1, -0.05) is 72.8 Å². The van der Waals surface area contributed by atoms with Crippen LogP contribution in [-0.4, -0.2) is 17.7 Å². The lowest BCUT2D eigenvalue weighted by molar-refractivity contribution is -0.130. The highest BCUT2D eigenvalue weighted by atomic mass is 16.2. The Labute approximate surface area is 118 Å². The van der Waals surface area contributed by atoms with Gasteiger partial charge in [-0.3, -0.25) is 14.5 Å². The molecule has 3 heteroatoms. The summed E-state index contributed by atoms with van der Waals surface area (Å²) in [6.07, 6.45) is 4.82. The average molecular weight is 265 g/mol. The first-order valence-corrected chi connectivity index (χ1v) is 6.31. The maximum atomic E-state index is 11.0. The number of imide groups is 1. The fourth-order valence-electron chi connectivity index (χ4n) is 1.96. The molecule has 0 spiro atoms. The molecule has 0 radical (unpaired) electrons. The van der Waals surface area contributed by atoms with Crippen molar-refractivity contribution in [1.82, 2.24) is 4.90 Å². The number of carbonyl (C=O) groups excluding carboxylic acids is 2. The van der Waals surface area contributed by atoms with Gasteiger partial charge in [0, 0.05) is 0 Å². The number of benzene rings is 2. The van der Waals surface area contributed by atoms with Gasteiger partial charge in [0.05, 0.1) is 6.04 Å². The molecule has 2 aromatic rings. The van der Waals surface area contributed by atoms with Gasteiger partial charge in [-0.25, -0.2) is 0 Å². The molecule has 0 fully saturated rings. The van der Waals surface area contributed by atoms with Crippen molar-refractivity contribution >= 4 is 18.9 Å². The summed E-state index contributed by atoms with van der Waals surface area (Å²) < 4.78 is 0. The fraction of sp³-hybridized carbons (Fsp3) is 0.0588. The molecule has 0 unspecified atom stereocenters. The minimum atomic E-state index is -0.397. The third kappa shape index (κ3) is 3.42. The number of hydrogen-bond donors (Lipinski definition) is 0. The molecule has 100 valence electrons. The molecular formula is C17H15NO2. The Hall–Kier alpha value is -2.68. The van der Waals surface area contributed by atoms with Crippen LogP contribution in [0.3, 0.4) is 0 Å². The van der Waals surface area contributed by atoms with E-state index < -0.39 is 6.04 Å². The van der Waals surface area contributed by atoms with Crippen molar-refractivity contribution in [2.75, 3.05) is 0 Å². The quantitative estimate of drug-likeness (QED) is 0.753. The van der Waals surface area contributed by atoms with E-state index in [1.54, 1.807) is 0 Å². The van der Waals surface area contributed by atoms with E-state index in [1.807, 2.05) is 72.8 Å². The Morgan fingerprint density at radius 1 is 0.800 bits per heavy atom. The van der Waals surface area contributed by atoms with Gasteiger partial charge >= 0.3 is 0 Å². The minimum absolute atomic E-state index is 0.397. The molecule has 0 aromatic heterocycles. The second-order valence-corrected chi connectivity index (χ2v) is 4.28. The van der Waals surface area contributed by atoms with E-state index in [2.05, 4.69) is 0 Å². The first-order chi connectivity index (χ1) is 9.85. The smallest absolute Gasteiger partial charge is 0.216 e. The maximum Gasteiger partial charge on any atom is 0.216 e. The molecule has 0 aliphatic carbocycles. The van der Waals surface area contributed by atoms with Crippen LogP contribution in [0.4, 0.5) is 0 Å². The molecule has 2 aromatic carbocycles. The van der Waals surface area contributed by atoms with E-state index in [0.29, 0.717) is 12.8 Å². The highest BCUT2D eigenvalue weighted by Crippen LogP contribution is 2.21. The molecule has 2 amide bonds. The van der Waals surface area contributed by atoms with E-state index in [-0.39, 0.29) is 0 Å². The molecular weight excluding hydrogens is 250 g/mol. The van der Waals surface area contributed by atoms with E-state index in [0.717, 1.165) is 16.0 Å². The van der Waals surface area contributed by atoms with Crippen LogP contribution < -0.4 is 0 Å². The lowest BCUT2D eigenvalue weighted by atomic mass is 10.0.